The molecule has 0 aliphatic heterocycles. The monoisotopic (exact) mass is 302 g/mol. The van der Waals surface area contributed by atoms with Crippen LogP contribution in [-0.4, -0.2) is 23.1 Å². The molecule has 7 heteroatoms. The van der Waals surface area contributed by atoms with Gasteiger partial charge in [-0.05, 0) is 17.5 Å². The van der Waals surface area contributed by atoms with E-state index in [9.17, 15) is 14.0 Å². The van der Waals surface area contributed by atoms with Crippen molar-refractivity contribution in [2.75, 3.05) is 5.32 Å². The largest absolute Gasteiger partial charge is 0.480 e. The van der Waals surface area contributed by atoms with E-state index >= 15 is 0 Å². The molecule has 5 nitrogen and oxygen atoms in total. The molecule has 0 saturated heterocycles. The fourth-order valence-corrected chi connectivity index (χ4v) is 1.76. The van der Waals surface area contributed by atoms with E-state index in [1.165, 1.54) is 12.1 Å². The molecule has 3 N–H and O–H groups in total. The number of halogens is 2. The number of carboxylic acids is 1. The fourth-order valence-electron chi connectivity index (χ4n) is 1.55. The van der Waals surface area contributed by atoms with Crippen molar-refractivity contribution in [2.45, 2.75) is 26.8 Å². The van der Waals surface area contributed by atoms with Crippen LogP contribution in [0.1, 0.15) is 20.8 Å². The SMILES string of the molecule is CC(C)(C)[C@H](NC(=O)Nc1c(F)cccc1Cl)C(=O)O. The maximum absolute atomic E-state index is 13.5. The van der Waals surface area contributed by atoms with Crippen molar-refractivity contribution in [2.24, 2.45) is 5.41 Å². The number of nitrogens with one attached hydrogen (secondary N) is 2. The zero-order valence-corrected chi connectivity index (χ0v) is 12.1. The van der Waals surface area contributed by atoms with Crippen molar-refractivity contribution in [3.05, 3.63) is 29.0 Å². The Hall–Kier alpha value is -1.82. The zero-order chi connectivity index (χ0) is 15.5. The summed E-state index contributed by atoms with van der Waals surface area (Å²) in [5, 5.41) is 13.6. The van der Waals surface area contributed by atoms with Gasteiger partial charge in [0.05, 0.1) is 10.7 Å². The average Bonchev–Trinajstić information content (AvgIpc) is 2.29. The van der Waals surface area contributed by atoms with Crippen LogP contribution in [0.4, 0.5) is 14.9 Å². The highest BCUT2D eigenvalue weighted by molar-refractivity contribution is 6.33. The van der Waals surface area contributed by atoms with E-state index in [1.807, 2.05) is 0 Å². The number of amides is 2. The molecule has 0 aliphatic carbocycles. The number of aliphatic carboxylic acids is 1. The fraction of sp³-hybridized carbons (Fsp3) is 0.385. The molecule has 0 aliphatic rings. The number of benzene rings is 1. The molecule has 110 valence electrons. The van der Waals surface area contributed by atoms with Crippen LogP contribution in [0.25, 0.3) is 0 Å². The Morgan fingerprint density at radius 1 is 1.35 bits per heavy atom. The molecule has 2 amide bonds. The molecule has 0 spiro atoms. The van der Waals surface area contributed by atoms with Crippen molar-refractivity contribution in [1.82, 2.24) is 5.32 Å². The van der Waals surface area contributed by atoms with Crippen LogP contribution in [0.2, 0.25) is 5.02 Å². The van der Waals surface area contributed by atoms with Crippen LogP contribution >= 0.6 is 11.6 Å². The lowest BCUT2D eigenvalue weighted by molar-refractivity contribution is -0.141. The maximum atomic E-state index is 13.5. The van der Waals surface area contributed by atoms with Gasteiger partial charge < -0.3 is 15.7 Å². The first-order valence-electron chi connectivity index (χ1n) is 5.87. The molecule has 1 atom stereocenters. The normalized spacial score (nSPS) is 12.7. The predicted octanol–water partition coefficient (Wildman–Crippen LogP) is 3.10. The summed E-state index contributed by atoms with van der Waals surface area (Å²) in [6.07, 6.45) is 0. The van der Waals surface area contributed by atoms with E-state index in [0.717, 1.165) is 6.07 Å². The van der Waals surface area contributed by atoms with Gasteiger partial charge in [0.2, 0.25) is 0 Å². The summed E-state index contributed by atoms with van der Waals surface area (Å²) in [6.45, 7) is 5.01. The second-order valence-electron chi connectivity index (χ2n) is 5.33. The Morgan fingerprint density at radius 2 is 1.95 bits per heavy atom. The van der Waals surface area contributed by atoms with Gasteiger partial charge in [-0.25, -0.2) is 14.0 Å². The van der Waals surface area contributed by atoms with Crippen LogP contribution in [0, 0.1) is 11.2 Å². The van der Waals surface area contributed by atoms with Gasteiger partial charge in [-0.2, -0.15) is 0 Å². The molecule has 0 aromatic heterocycles. The number of carbonyl (C=O) groups excluding carboxylic acids is 1. The smallest absolute Gasteiger partial charge is 0.326 e. The Labute approximate surface area is 121 Å². The van der Waals surface area contributed by atoms with E-state index in [-0.39, 0.29) is 10.7 Å². The van der Waals surface area contributed by atoms with Gasteiger partial charge >= 0.3 is 12.0 Å². The first-order valence-corrected chi connectivity index (χ1v) is 6.25. The van der Waals surface area contributed by atoms with Crippen LogP contribution < -0.4 is 10.6 Å². The number of rotatable bonds is 3. The number of carboxylic acid groups (broad SMARTS) is 1. The molecule has 1 rings (SSSR count). The van der Waals surface area contributed by atoms with E-state index < -0.39 is 29.3 Å². The van der Waals surface area contributed by atoms with Crippen molar-refractivity contribution < 1.29 is 19.1 Å². The van der Waals surface area contributed by atoms with Crippen LogP contribution in [0.5, 0.6) is 0 Å². The third-order valence-corrected chi connectivity index (χ3v) is 2.90. The minimum Gasteiger partial charge on any atom is -0.480 e. The van der Waals surface area contributed by atoms with Crippen LogP contribution in [-0.2, 0) is 4.79 Å². The summed E-state index contributed by atoms with van der Waals surface area (Å²) < 4.78 is 13.5. The summed E-state index contributed by atoms with van der Waals surface area (Å²) in [5.74, 6) is -1.87. The Morgan fingerprint density at radius 3 is 2.40 bits per heavy atom. The lowest BCUT2D eigenvalue weighted by atomic mass is 9.87. The van der Waals surface area contributed by atoms with Crippen molar-refractivity contribution in [1.29, 1.82) is 0 Å². The van der Waals surface area contributed by atoms with Gasteiger partial charge in [-0.15, -0.1) is 0 Å². The first-order chi connectivity index (χ1) is 9.12. The standard InChI is InChI=1S/C13H16ClFN2O3/c1-13(2,3)10(11(18)19)17-12(20)16-9-7(14)5-4-6-8(9)15/h4-6,10H,1-3H3,(H,18,19)(H2,16,17,20)/t10-/m1/s1. The summed E-state index contributed by atoms with van der Waals surface area (Å²) in [7, 11) is 0. The highest BCUT2D eigenvalue weighted by atomic mass is 35.5. The maximum Gasteiger partial charge on any atom is 0.326 e. The average molecular weight is 303 g/mol. The zero-order valence-electron chi connectivity index (χ0n) is 11.3. The lowest BCUT2D eigenvalue weighted by Crippen LogP contribution is -2.50. The van der Waals surface area contributed by atoms with Gasteiger partial charge in [-0.1, -0.05) is 38.4 Å². The Balaban J connectivity index is 2.84. The van der Waals surface area contributed by atoms with Crippen molar-refractivity contribution >= 4 is 29.3 Å². The summed E-state index contributed by atoms with van der Waals surface area (Å²) in [5.41, 5.74) is -0.882. The van der Waals surface area contributed by atoms with E-state index in [2.05, 4.69) is 10.6 Å². The quantitative estimate of drug-likeness (QED) is 0.803. The number of anilines is 1. The highest BCUT2D eigenvalue weighted by Gasteiger charge is 2.32. The second-order valence-corrected chi connectivity index (χ2v) is 5.74. The molecular formula is C13H16ClFN2O3. The molecule has 0 fully saturated rings. The summed E-state index contributed by atoms with van der Waals surface area (Å²) in [4.78, 5) is 22.9. The molecule has 1 aromatic rings. The third-order valence-electron chi connectivity index (χ3n) is 2.59. The molecule has 0 heterocycles. The van der Waals surface area contributed by atoms with E-state index in [0.29, 0.717) is 0 Å². The van der Waals surface area contributed by atoms with E-state index in [1.54, 1.807) is 20.8 Å². The van der Waals surface area contributed by atoms with Gasteiger partial charge in [0.1, 0.15) is 11.9 Å². The van der Waals surface area contributed by atoms with Gasteiger partial charge in [0, 0.05) is 0 Å². The molecular weight excluding hydrogens is 287 g/mol. The van der Waals surface area contributed by atoms with Crippen LogP contribution in [0.3, 0.4) is 0 Å². The Kier molecular flexibility index (Phi) is 4.94. The third kappa shape index (κ3) is 4.09. The number of hydrogen-bond acceptors (Lipinski definition) is 2. The number of carbonyl (C=O) groups is 2. The van der Waals surface area contributed by atoms with Gasteiger partial charge in [0.15, 0.2) is 0 Å². The van der Waals surface area contributed by atoms with Gasteiger partial charge in [-0.3, -0.25) is 0 Å². The van der Waals surface area contributed by atoms with Gasteiger partial charge in [0.25, 0.3) is 0 Å². The molecule has 0 saturated carbocycles. The highest BCUT2D eigenvalue weighted by Crippen LogP contribution is 2.25. The topological polar surface area (TPSA) is 78.4 Å². The minimum atomic E-state index is -1.17. The molecule has 20 heavy (non-hydrogen) atoms. The number of urea groups is 1. The van der Waals surface area contributed by atoms with Crippen LogP contribution in [0.15, 0.2) is 18.2 Å². The summed E-state index contributed by atoms with van der Waals surface area (Å²) in [6, 6.07) is 2.00. The minimum absolute atomic E-state index is 0.0304. The van der Waals surface area contributed by atoms with E-state index in [4.69, 9.17) is 16.7 Å². The van der Waals surface area contributed by atoms with Crippen molar-refractivity contribution in [3.63, 3.8) is 0 Å². The molecule has 0 radical (unpaired) electrons. The number of hydrogen-bond donors (Lipinski definition) is 3. The second kappa shape index (κ2) is 6.09. The lowest BCUT2D eigenvalue weighted by Gasteiger charge is -2.27. The predicted molar refractivity (Wildman–Crippen MR) is 74.4 cm³/mol. The molecule has 1 aromatic carbocycles. The summed E-state index contributed by atoms with van der Waals surface area (Å²) >= 11 is 5.76. The number of para-hydroxylation sites is 1. The Bertz CT molecular complexity index is 509. The van der Waals surface area contributed by atoms with Crippen molar-refractivity contribution in [3.8, 4) is 0 Å². The molecule has 0 bridgehead atoms. The first kappa shape index (κ1) is 16.2. The molecule has 0 unspecified atom stereocenters.